The van der Waals surface area contributed by atoms with Crippen LogP contribution in [0.1, 0.15) is 0 Å². The Morgan fingerprint density at radius 3 is 1.52 bits per heavy atom. The van der Waals surface area contributed by atoms with Crippen LogP contribution in [-0.4, -0.2) is 4.57 Å². The van der Waals surface area contributed by atoms with Gasteiger partial charge in [-0.3, -0.25) is 0 Å². The van der Waals surface area contributed by atoms with Crippen molar-refractivity contribution in [1.82, 2.24) is 4.57 Å². The Labute approximate surface area is 303 Å². The van der Waals surface area contributed by atoms with Gasteiger partial charge >= 0.3 is 0 Å². The highest BCUT2D eigenvalue weighted by Gasteiger charge is 2.17. The van der Waals surface area contributed by atoms with Crippen molar-refractivity contribution in [3.05, 3.63) is 206 Å². The number of hydrogen-bond donors (Lipinski definition) is 0. The Kier molecular flexibility index (Phi) is 7.18. The minimum Gasteiger partial charge on any atom is -0.311 e. The van der Waals surface area contributed by atoms with E-state index < -0.39 is 0 Å². The second kappa shape index (κ2) is 12.5. The lowest BCUT2D eigenvalue weighted by Crippen LogP contribution is -2.10. The first kappa shape index (κ1) is 30.0. The van der Waals surface area contributed by atoms with Crippen LogP contribution in [0.5, 0.6) is 0 Å². The second-order valence-electron chi connectivity index (χ2n) is 13.3. The molecule has 0 N–H and O–H groups in total. The fraction of sp³-hybridized carbons (Fsp3) is 0. The summed E-state index contributed by atoms with van der Waals surface area (Å²) >= 11 is 0. The molecule has 10 aromatic rings. The van der Waals surface area contributed by atoms with Crippen LogP contribution >= 0.6 is 0 Å². The van der Waals surface area contributed by atoms with Crippen LogP contribution in [-0.2, 0) is 0 Å². The van der Waals surface area contributed by atoms with E-state index in [1.807, 2.05) is 0 Å². The zero-order valence-electron chi connectivity index (χ0n) is 28.5. The number of para-hydroxylation sites is 3. The van der Waals surface area contributed by atoms with Crippen molar-refractivity contribution in [2.24, 2.45) is 0 Å². The molecule has 0 radical (unpaired) electrons. The number of hydrogen-bond acceptors (Lipinski definition) is 1. The van der Waals surface area contributed by atoms with E-state index in [0.717, 1.165) is 22.7 Å². The summed E-state index contributed by atoms with van der Waals surface area (Å²) in [6, 6.07) is 74.5. The monoisotopic (exact) mass is 662 g/mol. The first-order chi connectivity index (χ1) is 25.8. The van der Waals surface area contributed by atoms with Crippen LogP contribution in [0.3, 0.4) is 0 Å². The molecule has 0 aliphatic rings. The quantitative estimate of drug-likeness (QED) is 0.161. The van der Waals surface area contributed by atoms with Crippen molar-refractivity contribution in [2.75, 3.05) is 4.90 Å². The van der Waals surface area contributed by atoms with Crippen LogP contribution in [0.4, 0.5) is 17.1 Å². The molecular formula is C50H34N2. The van der Waals surface area contributed by atoms with Gasteiger partial charge in [-0.05, 0) is 111 Å². The van der Waals surface area contributed by atoms with Gasteiger partial charge in [-0.15, -0.1) is 0 Å². The van der Waals surface area contributed by atoms with E-state index in [2.05, 4.69) is 216 Å². The van der Waals surface area contributed by atoms with E-state index in [1.54, 1.807) is 0 Å². The Bertz CT molecular complexity index is 2820. The maximum Gasteiger partial charge on any atom is 0.0541 e. The van der Waals surface area contributed by atoms with Crippen molar-refractivity contribution in [3.8, 4) is 27.9 Å². The van der Waals surface area contributed by atoms with Gasteiger partial charge in [0.2, 0.25) is 0 Å². The summed E-state index contributed by atoms with van der Waals surface area (Å²) in [4.78, 5) is 2.34. The average Bonchev–Trinajstić information content (AvgIpc) is 3.55. The molecule has 2 heteroatoms. The highest BCUT2D eigenvalue weighted by atomic mass is 15.1. The first-order valence-corrected chi connectivity index (χ1v) is 17.9. The molecule has 0 saturated heterocycles. The zero-order valence-corrected chi connectivity index (χ0v) is 28.5. The van der Waals surface area contributed by atoms with Gasteiger partial charge in [0.05, 0.1) is 11.0 Å². The summed E-state index contributed by atoms with van der Waals surface area (Å²) in [5, 5.41) is 7.58. The molecule has 10 rings (SSSR count). The van der Waals surface area contributed by atoms with E-state index in [-0.39, 0.29) is 0 Å². The van der Waals surface area contributed by atoms with Crippen LogP contribution in [0, 0.1) is 0 Å². The molecule has 9 aromatic carbocycles. The van der Waals surface area contributed by atoms with Crippen molar-refractivity contribution in [3.63, 3.8) is 0 Å². The topological polar surface area (TPSA) is 8.17 Å². The lowest BCUT2D eigenvalue weighted by atomic mass is 9.89. The molecule has 1 aromatic heterocycles. The molecule has 0 fully saturated rings. The van der Waals surface area contributed by atoms with Crippen LogP contribution in [0.2, 0.25) is 0 Å². The third kappa shape index (κ3) is 4.96. The molecule has 0 bridgehead atoms. The number of fused-ring (bicyclic) bond motifs is 5. The number of aromatic nitrogens is 1. The summed E-state index contributed by atoms with van der Waals surface area (Å²) in [7, 11) is 0. The van der Waals surface area contributed by atoms with Gasteiger partial charge < -0.3 is 9.47 Å². The minimum absolute atomic E-state index is 1.10. The van der Waals surface area contributed by atoms with Crippen molar-refractivity contribution >= 4 is 60.4 Å². The summed E-state index contributed by atoms with van der Waals surface area (Å²) < 4.78 is 2.37. The van der Waals surface area contributed by atoms with Gasteiger partial charge in [-0.25, -0.2) is 0 Å². The molecule has 0 saturated carbocycles. The maximum atomic E-state index is 2.37. The van der Waals surface area contributed by atoms with E-state index in [9.17, 15) is 0 Å². The van der Waals surface area contributed by atoms with E-state index >= 15 is 0 Å². The van der Waals surface area contributed by atoms with Crippen molar-refractivity contribution in [1.29, 1.82) is 0 Å². The number of anilines is 3. The van der Waals surface area contributed by atoms with Crippen LogP contribution in [0.25, 0.3) is 71.3 Å². The molecule has 0 atom stereocenters. The highest BCUT2D eigenvalue weighted by Crippen LogP contribution is 2.42. The highest BCUT2D eigenvalue weighted by molar-refractivity contribution is 6.16. The molecule has 244 valence electrons. The molecule has 2 nitrogen and oxygen atoms in total. The van der Waals surface area contributed by atoms with Crippen molar-refractivity contribution in [2.45, 2.75) is 0 Å². The number of rotatable bonds is 6. The summed E-state index contributed by atoms with van der Waals surface area (Å²) in [6.07, 6.45) is 0. The largest absolute Gasteiger partial charge is 0.311 e. The van der Waals surface area contributed by atoms with E-state index in [4.69, 9.17) is 0 Å². The molecule has 0 amide bonds. The molecule has 0 aliphatic heterocycles. The van der Waals surface area contributed by atoms with E-state index in [1.165, 1.54) is 65.6 Å². The van der Waals surface area contributed by atoms with Crippen LogP contribution < -0.4 is 4.90 Å². The van der Waals surface area contributed by atoms with Gasteiger partial charge in [-0.1, -0.05) is 140 Å². The van der Waals surface area contributed by atoms with Gasteiger partial charge in [-0.2, -0.15) is 0 Å². The smallest absolute Gasteiger partial charge is 0.0541 e. The predicted molar refractivity (Wildman–Crippen MR) is 221 cm³/mol. The lowest BCUT2D eigenvalue weighted by Gasteiger charge is -2.26. The Balaban J connectivity index is 1.07. The standard InChI is InChI=1S/C50H34N2/c1-3-14-36(15-4-1)50-43-19-8-7-16-37(43)34-47-42(22-13-23-46(47)50)35-26-28-39(29-27-35)51(38-17-5-2-6-18-38)40-30-32-41(33-31-40)52-48-24-11-9-20-44(48)45-21-10-12-25-49(45)52/h1-34H. The second-order valence-corrected chi connectivity index (χ2v) is 13.3. The van der Waals surface area contributed by atoms with Crippen molar-refractivity contribution < 1.29 is 0 Å². The molecule has 0 unspecified atom stereocenters. The van der Waals surface area contributed by atoms with E-state index in [0.29, 0.717) is 0 Å². The fourth-order valence-electron chi connectivity index (χ4n) is 8.02. The lowest BCUT2D eigenvalue weighted by molar-refractivity contribution is 1.17. The molecule has 52 heavy (non-hydrogen) atoms. The summed E-state index contributed by atoms with van der Waals surface area (Å²) in [5.74, 6) is 0. The first-order valence-electron chi connectivity index (χ1n) is 17.9. The molecular weight excluding hydrogens is 629 g/mol. The van der Waals surface area contributed by atoms with Gasteiger partial charge in [0.15, 0.2) is 0 Å². The minimum atomic E-state index is 1.10. The van der Waals surface area contributed by atoms with Crippen LogP contribution in [0.15, 0.2) is 206 Å². The normalized spacial score (nSPS) is 11.5. The molecule has 0 aliphatic carbocycles. The Morgan fingerprint density at radius 1 is 0.327 bits per heavy atom. The Hall–Kier alpha value is -6.90. The number of benzene rings is 9. The fourth-order valence-corrected chi connectivity index (χ4v) is 8.02. The summed E-state index contributed by atoms with van der Waals surface area (Å²) in [6.45, 7) is 0. The summed E-state index contributed by atoms with van der Waals surface area (Å²) in [5.41, 5.74) is 11.8. The Morgan fingerprint density at radius 2 is 0.846 bits per heavy atom. The zero-order chi connectivity index (χ0) is 34.4. The predicted octanol–water partition coefficient (Wildman–Crippen LogP) is 13.9. The van der Waals surface area contributed by atoms with Gasteiger partial charge in [0.25, 0.3) is 0 Å². The number of nitrogens with zero attached hydrogens (tertiary/aromatic N) is 2. The average molecular weight is 663 g/mol. The molecule has 0 spiro atoms. The van der Waals surface area contributed by atoms with Gasteiger partial charge in [0.1, 0.15) is 0 Å². The third-order valence-electron chi connectivity index (χ3n) is 10.4. The molecule has 1 heterocycles. The SMILES string of the molecule is c1ccc(-c2c3ccccc3cc3c(-c4ccc(N(c5ccccc5)c5ccc(-n6c7ccccc7c7ccccc76)cc5)cc4)cccc23)cc1. The maximum absolute atomic E-state index is 2.37. The third-order valence-corrected chi connectivity index (χ3v) is 10.4. The van der Waals surface area contributed by atoms with Gasteiger partial charge in [0, 0.05) is 33.5 Å².